The van der Waals surface area contributed by atoms with Gasteiger partial charge in [0.15, 0.2) is 0 Å². The third-order valence-electron chi connectivity index (χ3n) is 2.43. The van der Waals surface area contributed by atoms with Gasteiger partial charge in [-0.25, -0.2) is 0 Å². The van der Waals surface area contributed by atoms with E-state index in [-0.39, 0.29) is 16.7 Å². The highest BCUT2D eigenvalue weighted by molar-refractivity contribution is 7.86. The lowest BCUT2D eigenvalue weighted by molar-refractivity contribution is 0.275. The normalized spacial score (nSPS) is 12.6. The maximum atomic E-state index is 11.3. The third kappa shape index (κ3) is 4.72. The number of aliphatic hydroxyl groups is 1. The molecular weight excluding hydrogens is 312 g/mol. The Morgan fingerprint density at radius 3 is 2.10 bits per heavy atom. The van der Waals surface area contributed by atoms with Gasteiger partial charge in [-0.1, -0.05) is 0 Å². The molecule has 0 aromatic heterocycles. The molecule has 1 rings (SSSR count). The minimum atomic E-state index is -4.41. The maximum Gasteiger partial charge on any atom is 0.271 e. The van der Waals surface area contributed by atoms with Crippen molar-refractivity contribution in [3.8, 4) is 5.75 Å². The van der Waals surface area contributed by atoms with Crippen LogP contribution in [0.1, 0.15) is 16.7 Å². The highest BCUT2D eigenvalue weighted by atomic mass is 32.2. The van der Waals surface area contributed by atoms with Crippen LogP contribution in [0.4, 0.5) is 0 Å². The first kappa shape index (κ1) is 16.9. The molecule has 0 aliphatic carbocycles. The fourth-order valence-corrected chi connectivity index (χ4v) is 2.91. The summed E-state index contributed by atoms with van der Waals surface area (Å²) >= 11 is 0. The standard InChI is InChI=1S/C10H14O8S2/c1-18-20(16,17)5-7-2-8(4-11)10(12)9(3-7)6-19(13,14)15/h2-3,11-12H,4-6H2,1H3,(H,13,14,15). The van der Waals surface area contributed by atoms with Crippen LogP contribution in [0.15, 0.2) is 12.1 Å². The smallest absolute Gasteiger partial charge is 0.271 e. The zero-order valence-electron chi connectivity index (χ0n) is 10.5. The summed E-state index contributed by atoms with van der Waals surface area (Å²) in [6, 6.07) is 2.32. The van der Waals surface area contributed by atoms with Crippen molar-refractivity contribution in [2.45, 2.75) is 18.1 Å². The molecule has 0 bridgehead atoms. The van der Waals surface area contributed by atoms with Gasteiger partial charge in [0.25, 0.3) is 20.2 Å². The molecule has 0 aliphatic rings. The molecule has 1 aromatic carbocycles. The molecule has 0 saturated carbocycles. The van der Waals surface area contributed by atoms with Gasteiger partial charge in [-0.3, -0.25) is 8.74 Å². The Labute approximate surface area is 116 Å². The van der Waals surface area contributed by atoms with Gasteiger partial charge >= 0.3 is 0 Å². The van der Waals surface area contributed by atoms with Crippen molar-refractivity contribution >= 4 is 20.2 Å². The van der Waals surface area contributed by atoms with Gasteiger partial charge < -0.3 is 10.2 Å². The fraction of sp³-hybridized carbons (Fsp3) is 0.400. The first-order valence-electron chi connectivity index (χ1n) is 5.26. The number of aromatic hydroxyl groups is 1. The van der Waals surface area contributed by atoms with E-state index in [0.717, 1.165) is 13.2 Å². The van der Waals surface area contributed by atoms with E-state index in [4.69, 9.17) is 9.66 Å². The van der Waals surface area contributed by atoms with Crippen molar-refractivity contribution in [3.05, 3.63) is 28.8 Å². The van der Waals surface area contributed by atoms with Crippen LogP contribution in [-0.2, 0) is 42.5 Å². The van der Waals surface area contributed by atoms with Gasteiger partial charge in [-0.2, -0.15) is 16.8 Å². The van der Waals surface area contributed by atoms with Crippen LogP contribution in [0.3, 0.4) is 0 Å². The number of phenols is 1. The SMILES string of the molecule is COS(=O)(=O)Cc1cc(CO)c(O)c(CS(=O)(=O)O)c1. The van der Waals surface area contributed by atoms with E-state index in [0.29, 0.717) is 0 Å². The quantitative estimate of drug-likeness (QED) is 0.480. The first-order chi connectivity index (χ1) is 9.08. The van der Waals surface area contributed by atoms with Gasteiger partial charge in [-0.15, -0.1) is 0 Å². The Bertz CT molecular complexity index is 690. The lowest BCUT2D eigenvalue weighted by Crippen LogP contribution is -2.08. The molecule has 0 aliphatic heterocycles. The second-order valence-corrected chi connectivity index (χ2v) is 7.21. The molecule has 0 atom stereocenters. The number of hydrogen-bond donors (Lipinski definition) is 3. The van der Waals surface area contributed by atoms with Crippen LogP contribution < -0.4 is 0 Å². The molecule has 114 valence electrons. The largest absolute Gasteiger partial charge is 0.507 e. The predicted octanol–water partition coefficient (Wildman–Crippen LogP) is -0.252. The van der Waals surface area contributed by atoms with Gasteiger partial charge in [-0.05, 0) is 17.7 Å². The van der Waals surface area contributed by atoms with E-state index in [1.54, 1.807) is 0 Å². The van der Waals surface area contributed by atoms with Crippen molar-refractivity contribution in [2.75, 3.05) is 7.11 Å². The van der Waals surface area contributed by atoms with Crippen molar-refractivity contribution < 1.29 is 35.8 Å². The van der Waals surface area contributed by atoms with Gasteiger partial charge in [0.2, 0.25) is 0 Å². The van der Waals surface area contributed by atoms with Crippen LogP contribution in [0, 0.1) is 0 Å². The Kier molecular flexibility index (Phi) is 5.10. The van der Waals surface area contributed by atoms with Crippen LogP contribution in [0.2, 0.25) is 0 Å². The molecular formula is C10H14O8S2. The summed E-state index contributed by atoms with van der Waals surface area (Å²) in [7, 11) is -7.29. The molecule has 20 heavy (non-hydrogen) atoms. The van der Waals surface area contributed by atoms with E-state index < -0.39 is 44.1 Å². The molecule has 0 fully saturated rings. The molecule has 0 saturated heterocycles. The topological polar surface area (TPSA) is 138 Å². The lowest BCUT2D eigenvalue weighted by Gasteiger charge is -2.11. The second kappa shape index (κ2) is 6.06. The van der Waals surface area contributed by atoms with Crippen molar-refractivity contribution in [2.24, 2.45) is 0 Å². The molecule has 0 amide bonds. The highest BCUT2D eigenvalue weighted by Gasteiger charge is 2.18. The van der Waals surface area contributed by atoms with E-state index in [1.807, 2.05) is 0 Å². The van der Waals surface area contributed by atoms with E-state index >= 15 is 0 Å². The van der Waals surface area contributed by atoms with Crippen molar-refractivity contribution in [1.29, 1.82) is 0 Å². The minimum Gasteiger partial charge on any atom is -0.507 e. The van der Waals surface area contributed by atoms with Crippen LogP contribution >= 0.6 is 0 Å². The summed E-state index contributed by atoms with van der Waals surface area (Å²) in [5.74, 6) is -1.97. The average Bonchev–Trinajstić information content (AvgIpc) is 2.31. The minimum absolute atomic E-state index is 0.0487. The molecule has 0 spiro atoms. The summed E-state index contributed by atoms with van der Waals surface area (Å²) in [5, 5.41) is 18.8. The van der Waals surface area contributed by atoms with Gasteiger partial charge in [0, 0.05) is 11.1 Å². The lowest BCUT2D eigenvalue weighted by atomic mass is 10.1. The summed E-state index contributed by atoms with van der Waals surface area (Å²) in [6.07, 6.45) is 0. The Morgan fingerprint density at radius 2 is 1.65 bits per heavy atom. The summed E-state index contributed by atoms with van der Waals surface area (Å²) in [6.45, 7) is -0.620. The Hall–Kier alpha value is -1.20. The monoisotopic (exact) mass is 326 g/mol. The Morgan fingerprint density at radius 1 is 1.10 bits per heavy atom. The fourth-order valence-electron chi connectivity index (χ4n) is 1.61. The molecule has 0 radical (unpaired) electrons. The molecule has 0 heterocycles. The maximum absolute atomic E-state index is 11.3. The zero-order valence-corrected chi connectivity index (χ0v) is 12.1. The second-order valence-electron chi connectivity index (χ2n) is 4.02. The predicted molar refractivity (Wildman–Crippen MR) is 68.9 cm³/mol. The number of hydrogen-bond acceptors (Lipinski definition) is 7. The van der Waals surface area contributed by atoms with Crippen molar-refractivity contribution in [3.63, 3.8) is 0 Å². The van der Waals surface area contributed by atoms with Gasteiger partial charge in [0.05, 0.1) is 13.7 Å². The molecule has 10 heteroatoms. The van der Waals surface area contributed by atoms with E-state index in [9.17, 15) is 21.9 Å². The highest BCUT2D eigenvalue weighted by Crippen LogP contribution is 2.27. The van der Waals surface area contributed by atoms with Crippen LogP contribution in [0.5, 0.6) is 5.75 Å². The number of aliphatic hydroxyl groups excluding tert-OH is 1. The average molecular weight is 326 g/mol. The van der Waals surface area contributed by atoms with E-state index in [2.05, 4.69) is 4.18 Å². The van der Waals surface area contributed by atoms with E-state index in [1.165, 1.54) is 6.07 Å². The summed E-state index contributed by atoms with van der Waals surface area (Å²) in [4.78, 5) is 0. The zero-order chi connectivity index (χ0) is 15.6. The summed E-state index contributed by atoms with van der Waals surface area (Å²) in [5.41, 5.74) is -0.139. The number of benzene rings is 1. The molecule has 8 nitrogen and oxygen atoms in total. The Balaban J connectivity index is 3.32. The third-order valence-corrected chi connectivity index (χ3v) is 4.30. The summed E-state index contributed by atoms with van der Waals surface area (Å²) < 4.78 is 57.4. The van der Waals surface area contributed by atoms with Crippen LogP contribution in [-0.4, -0.2) is 38.7 Å². The van der Waals surface area contributed by atoms with Gasteiger partial charge in [0.1, 0.15) is 17.3 Å². The van der Waals surface area contributed by atoms with Crippen LogP contribution in [0.25, 0.3) is 0 Å². The molecule has 0 unspecified atom stereocenters. The molecule has 3 N–H and O–H groups in total. The number of rotatable bonds is 6. The van der Waals surface area contributed by atoms with Crippen molar-refractivity contribution in [1.82, 2.24) is 0 Å². The first-order valence-corrected chi connectivity index (χ1v) is 8.44. The molecule has 1 aromatic rings.